The molecule has 1 amide bonds. The summed E-state index contributed by atoms with van der Waals surface area (Å²) in [5, 5.41) is 11.9. The van der Waals surface area contributed by atoms with E-state index in [0.29, 0.717) is 31.2 Å². The number of carbonyl (C=O) groups excluding carboxylic acids is 1. The number of nitrogens with zero attached hydrogens (tertiary/aromatic N) is 4. The monoisotopic (exact) mass is 493 g/mol. The van der Waals surface area contributed by atoms with Crippen molar-refractivity contribution in [1.82, 2.24) is 25.2 Å². The minimum atomic E-state index is -0.0981. The first-order valence-electron chi connectivity index (χ1n) is 12.1. The standard InChI is InChI=1S/C29H27N5O3/c1-36-25-14-12-23(13-15-25)29-31-27(37-33-29)17-16-26(35)30-18-24-20-34(19-21-8-4-2-5-9-21)32-28(24)22-10-6-3-7-11-22/h2-15,20H,16-19H2,1H3,(H,30,35). The summed E-state index contributed by atoms with van der Waals surface area (Å²) in [6.07, 6.45) is 2.59. The van der Waals surface area contributed by atoms with Crippen molar-refractivity contribution < 1.29 is 14.1 Å². The van der Waals surface area contributed by atoms with Gasteiger partial charge in [0.25, 0.3) is 0 Å². The maximum absolute atomic E-state index is 12.6. The quantitative estimate of drug-likeness (QED) is 0.297. The van der Waals surface area contributed by atoms with Crippen LogP contribution >= 0.6 is 0 Å². The predicted molar refractivity (Wildman–Crippen MR) is 140 cm³/mol. The fourth-order valence-electron chi connectivity index (χ4n) is 4.00. The van der Waals surface area contributed by atoms with Crippen LogP contribution in [0.2, 0.25) is 0 Å². The second kappa shape index (κ2) is 11.3. The molecule has 186 valence electrons. The van der Waals surface area contributed by atoms with Crippen molar-refractivity contribution in [2.24, 2.45) is 0 Å². The Labute approximate surface area is 214 Å². The Balaban J connectivity index is 1.21. The number of nitrogens with one attached hydrogen (secondary N) is 1. The maximum Gasteiger partial charge on any atom is 0.227 e. The van der Waals surface area contributed by atoms with E-state index in [9.17, 15) is 4.79 Å². The summed E-state index contributed by atoms with van der Waals surface area (Å²) in [5.41, 5.74) is 4.80. The van der Waals surface area contributed by atoms with E-state index < -0.39 is 0 Å². The van der Waals surface area contributed by atoms with Crippen LogP contribution in [0.5, 0.6) is 5.75 Å². The van der Waals surface area contributed by atoms with Crippen LogP contribution in [0.4, 0.5) is 0 Å². The molecule has 0 fully saturated rings. The van der Waals surface area contributed by atoms with Gasteiger partial charge in [0.05, 0.1) is 19.3 Å². The SMILES string of the molecule is COc1ccc(-c2noc(CCC(=O)NCc3cn(Cc4ccccc4)nc3-c3ccccc3)n2)cc1. The first kappa shape index (κ1) is 24.0. The van der Waals surface area contributed by atoms with E-state index in [1.165, 1.54) is 0 Å². The lowest BCUT2D eigenvalue weighted by atomic mass is 10.1. The van der Waals surface area contributed by atoms with Gasteiger partial charge in [0.1, 0.15) is 5.75 Å². The van der Waals surface area contributed by atoms with Gasteiger partial charge in [-0.25, -0.2) is 0 Å². The Morgan fingerprint density at radius 1 is 0.946 bits per heavy atom. The van der Waals surface area contributed by atoms with Crippen LogP contribution < -0.4 is 10.1 Å². The van der Waals surface area contributed by atoms with Gasteiger partial charge in [-0.15, -0.1) is 0 Å². The molecule has 0 saturated carbocycles. The molecule has 0 aliphatic rings. The Morgan fingerprint density at radius 3 is 2.41 bits per heavy atom. The Kier molecular flexibility index (Phi) is 7.36. The third-order valence-corrected chi connectivity index (χ3v) is 5.93. The number of aromatic nitrogens is 4. The number of hydrogen-bond acceptors (Lipinski definition) is 6. The molecule has 0 bridgehead atoms. The summed E-state index contributed by atoms with van der Waals surface area (Å²) in [6.45, 7) is 1.03. The molecule has 0 aliphatic carbocycles. The molecule has 0 unspecified atom stereocenters. The van der Waals surface area contributed by atoms with Gasteiger partial charge in [0, 0.05) is 42.3 Å². The molecule has 0 atom stereocenters. The Hall–Kier alpha value is -4.72. The van der Waals surface area contributed by atoms with Gasteiger partial charge in [-0.05, 0) is 29.8 Å². The maximum atomic E-state index is 12.6. The first-order valence-corrected chi connectivity index (χ1v) is 12.1. The van der Waals surface area contributed by atoms with Crippen LogP contribution in [0.25, 0.3) is 22.6 Å². The van der Waals surface area contributed by atoms with Crippen LogP contribution in [0.15, 0.2) is 95.6 Å². The fourth-order valence-corrected chi connectivity index (χ4v) is 4.00. The van der Waals surface area contributed by atoms with Gasteiger partial charge in [-0.2, -0.15) is 10.1 Å². The van der Waals surface area contributed by atoms with Crippen molar-refractivity contribution in [3.8, 4) is 28.4 Å². The number of rotatable bonds is 10. The van der Waals surface area contributed by atoms with Crippen LogP contribution in [0.3, 0.4) is 0 Å². The lowest BCUT2D eigenvalue weighted by Crippen LogP contribution is -2.23. The van der Waals surface area contributed by atoms with E-state index in [1.807, 2.05) is 83.7 Å². The number of carbonyl (C=O) groups is 1. The highest BCUT2D eigenvalue weighted by atomic mass is 16.5. The number of hydrogen-bond donors (Lipinski definition) is 1. The first-order chi connectivity index (χ1) is 18.2. The third-order valence-electron chi connectivity index (χ3n) is 5.93. The minimum Gasteiger partial charge on any atom is -0.497 e. The van der Waals surface area contributed by atoms with Crippen molar-refractivity contribution in [2.75, 3.05) is 7.11 Å². The second-order valence-electron chi connectivity index (χ2n) is 8.57. The van der Waals surface area contributed by atoms with Crippen LogP contribution in [-0.4, -0.2) is 32.9 Å². The summed E-state index contributed by atoms with van der Waals surface area (Å²) in [4.78, 5) is 17.1. The van der Waals surface area contributed by atoms with Gasteiger partial charge < -0.3 is 14.6 Å². The van der Waals surface area contributed by atoms with Crippen molar-refractivity contribution in [3.05, 3.63) is 108 Å². The molecule has 0 aliphatic heterocycles. The molecule has 3 aromatic carbocycles. The topological polar surface area (TPSA) is 95.1 Å². The number of ether oxygens (including phenoxy) is 1. The number of amides is 1. The number of aryl methyl sites for hydroxylation is 1. The van der Waals surface area contributed by atoms with E-state index in [2.05, 4.69) is 27.6 Å². The predicted octanol–water partition coefficient (Wildman–Crippen LogP) is 4.91. The van der Waals surface area contributed by atoms with E-state index in [-0.39, 0.29) is 12.3 Å². The molecule has 1 N–H and O–H groups in total. The normalized spacial score (nSPS) is 10.8. The highest BCUT2D eigenvalue weighted by Gasteiger charge is 2.14. The smallest absolute Gasteiger partial charge is 0.227 e. The number of benzene rings is 3. The zero-order valence-corrected chi connectivity index (χ0v) is 20.5. The molecule has 2 heterocycles. The highest BCUT2D eigenvalue weighted by molar-refractivity contribution is 5.76. The molecular formula is C29H27N5O3. The van der Waals surface area contributed by atoms with Gasteiger partial charge in [-0.1, -0.05) is 65.8 Å². The molecule has 5 rings (SSSR count). The molecule has 0 spiro atoms. The molecule has 8 nitrogen and oxygen atoms in total. The number of methoxy groups -OCH3 is 1. The molecule has 0 radical (unpaired) electrons. The Morgan fingerprint density at radius 2 is 1.68 bits per heavy atom. The van der Waals surface area contributed by atoms with Crippen molar-refractivity contribution in [1.29, 1.82) is 0 Å². The van der Waals surface area contributed by atoms with E-state index in [4.69, 9.17) is 14.4 Å². The average molecular weight is 494 g/mol. The molecule has 5 aromatic rings. The van der Waals surface area contributed by atoms with Crippen molar-refractivity contribution >= 4 is 5.91 Å². The Bertz CT molecular complexity index is 1440. The van der Waals surface area contributed by atoms with Crippen LogP contribution in [0.1, 0.15) is 23.4 Å². The molecule has 37 heavy (non-hydrogen) atoms. The molecule has 8 heteroatoms. The van der Waals surface area contributed by atoms with Crippen molar-refractivity contribution in [2.45, 2.75) is 25.9 Å². The lowest BCUT2D eigenvalue weighted by Gasteiger charge is -2.05. The second-order valence-corrected chi connectivity index (χ2v) is 8.57. The minimum absolute atomic E-state index is 0.0981. The van der Waals surface area contributed by atoms with Crippen LogP contribution in [0, 0.1) is 0 Å². The summed E-state index contributed by atoms with van der Waals surface area (Å²) in [6, 6.07) is 27.6. The summed E-state index contributed by atoms with van der Waals surface area (Å²) < 4.78 is 12.4. The van der Waals surface area contributed by atoms with Gasteiger partial charge in [0.2, 0.25) is 17.6 Å². The summed E-state index contributed by atoms with van der Waals surface area (Å²) in [7, 11) is 1.62. The lowest BCUT2D eigenvalue weighted by molar-refractivity contribution is -0.121. The van der Waals surface area contributed by atoms with E-state index in [1.54, 1.807) is 7.11 Å². The van der Waals surface area contributed by atoms with Crippen LogP contribution in [-0.2, 0) is 24.3 Å². The van der Waals surface area contributed by atoms with Crippen molar-refractivity contribution in [3.63, 3.8) is 0 Å². The highest BCUT2D eigenvalue weighted by Crippen LogP contribution is 2.23. The molecule has 2 aromatic heterocycles. The zero-order chi connectivity index (χ0) is 25.5. The summed E-state index contributed by atoms with van der Waals surface area (Å²) in [5.74, 6) is 1.56. The zero-order valence-electron chi connectivity index (χ0n) is 20.5. The molecule has 0 saturated heterocycles. The summed E-state index contributed by atoms with van der Waals surface area (Å²) >= 11 is 0. The fraction of sp³-hybridized carbons (Fsp3) is 0.172. The van der Waals surface area contributed by atoms with E-state index >= 15 is 0 Å². The average Bonchev–Trinajstić information content (AvgIpc) is 3.59. The largest absolute Gasteiger partial charge is 0.497 e. The van der Waals surface area contributed by atoms with Gasteiger partial charge >= 0.3 is 0 Å². The third kappa shape index (κ3) is 6.10. The van der Waals surface area contributed by atoms with E-state index in [0.717, 1.165) is 33.7 Å². The van der Waals surface area contributed by atoms with Gasteiger partial charge in [-0.3, -0.25) is 9.48 Å². The molecular weight excluding hydrogens is 466 g/mol. The van der Waals surface area contributed by atoms with Gasteiger partial charge in [0.15, 0.2) is 0 Å².